The number of amides is 1. The molecule has 0 spiro atoms. The van der Waals surface area contributed by atoms with Crippen LogP contribution >= 0.6 is 0 Å². The van der Waals surface area contributed by atoms with E-state index in [4.69, 9.17) is 0 Å². The molecule has 2 N–H and O–H groups in total. The summed E-state index contributed by atoms with van der Waals surface area (Å²) in [4.78, 5) is 25.6. The second-order valence-electron chi connectivity index (χ2n) is 18.2. The molecule has 0 radical (unpaired) electrons. The Bertz CT molecular complexity index is 1420. The lowest BCUT2D eigenvalue weighted by atomic mass is 9.32. The van der Waals surface area contributed by atoms with Crippen LogP contribution in [-0.4, -0.2) is 31.3 Å². The third kappa shape index (κ3) is 5.33. The highest BCUT2D eigenvalue weighted by Gasteiger charge is 2.71. The number of nitrogens with one attached hydrogen (secondary N) is 2. The van der Waals surface area contributed by atoms with E-state index in [-0.39, 0.29) is 38.8 Å². The lowest BCUT2D eigenvalue weighted by Crippen LogP contribution is -2.66. The molecule has 1 aromatic rings. The highest BCUT2D eigenvalue weighted by Crippen LogP contribution is 2.77. The fraction of sp³-hybridized carbons (Fsp3) is 0.721. The minimum Gasteiger partial charge on any atom is -0.354 e. The summed E-state index contributed by atoms with van der Waals surface area (Å²) in [6.45, 7) is 25.7. The summed E-state index contributed by atoms with van der Waals surface area (Å²) in [7, 11) is 0. The Balaban J connectivity index is 1.27. The van der Waals surface area contributed by atoms with Crippen LogP contribution in [0.25, 0.3) is 5.57 Å². The monoisotopic (exact) mass is 640 g/mol. The van der Waals surface area contributed by atoms with Crippen molar-refractivity contribution in [2.75, 3.05) is 19.6 Å². The first-order chi connectivity index (χ1) is 22.1. The van der Waals surface area contributed by atoms with Gasteiger partial charge in [0.1, 0.15) is 5.78 Å². The van der Waals surface area contributed by atoms with E-state index >= 15 is 0 Å². The van der Waals surface area contributed by atoms with Crippen LogP contribution in [0, 0.1) is 63.6 Å². The summed E-state index contributed by atoms with van der Waals surface area (Å²) >= 11 is 0. The molecule has 0 saturated heterocycles. The summed E-state index contributed by atoms with van der Waals surface area (Å²) in [5, 5.41) is 6.73. The Morgan fingerprint density at radius 2 is 1.55 bits per heavy atom. The Kier molecular flexibility index (Phi) is 9.06. The number of hydrogen-bond donors (Lipinski definition) is 2. The van der Waals surface area contributed by atoms with Crippen molar-refractivity contribution in [2.24, 2.45) is 56.7 Å². The van der Waals surface area contributed by atoms with Crippen LogP contribution in [0.15, 0.2) is 42.5 Å². The second-order valence-corrected chi connectivity index (χ2v) is 18.2. The molecule has 0 bridgehead atoms. The summed E-state index contributed by atoms with van der Waals surface area (Å²) in [6, 6.07) is 9.25. The fourth-order valence-electron chi connectivity index (χ4n) is 13.2. The van der Waals surface area contributed by atoms with Crippen LogP contribution in [0.1, 0.15) is 124 Å². The number of allylic oxidation sites excluding steroid dienone is 3. The van der Waals surface area contributed by atoms with Gasteiger partial charge >= 0.3 is 0 Å². The van der Waals surface area contributed by atoms with E-state index in [1.807, 2.05) is 0 Å². The second kappa shape index (κ2) is 12.3. The Morgan fingerprint density at radius 3 is 2.23 bits per heavy atom. The maximum Gasteiger partial charge on any atom is 0.226 e. The predicted octanol–water partition coefficient (Wildman–Crippen LogP) is 9.33. The fourth-order valence-corrected chi connectivity index (χ4v) is 13.2. The summed E-state index contributed by atoms with van der Waals surface area (Å²) < 4.78 is 0. The van der Waals surface area contributed by atoms with Crippen molar-refractivity contribution in [1.29, 1.82) is 0 Å². The number of ketones is 1. The molecule has 1 amide bonds. The normalized spacial score (nSPS) is 40.3. The van der Waals surface area contributed by atoms with E-state index in [0.29, 0.717) is 55.6 Å². The molecule has 47 heavy (non-hydrogen) atoms. The summed E-state index contributed by atoms with van der Waals surface area (Å²) in [5.74, 6) is 3.21. The van der Waals surface area contributed by atoms with Gasteiger partial charge in [0.2, 0.25) is 5.91 Å². The van der Waals surface area contributed by atoms with Gasteiger partial charge in [0.05, 0.1) is 5.41 Å². The van der Waals surface area contributed by atoms with Crippen molar-refractivity contribution in [2.45, 2.75) is 120 Å². The number of Topliss-reactive ketones (excluding diaryl/α,β-unsaturated/α-hetero) is 1. The Hall–Kier alpha value is -2.20. The number of benzene rings is 1. The van der Waals surface area contributed by atoms with Crippen LogP contribution in [0.4, 0.5) is 0 Å². The molecular formula is C43H64N2O2. The van der Waals surface area contributed by atoms with Crippen molar-refractivity contribution < 1.29 is 9.59 Å². The molecule has 5 aliphatic rings. The van der Waals surface area contributed by atoms with E-state index in [9.17, 15) is 9.59 Å². The van der Waals surface area contributed by atoms with Gasteiger partial charge < -0.3 is 10.6 Å². The van der Waals surface area contributed by atoms with E-state index in [0.717, 1.165) is 25.7 Å². The quantitative estimate of drug-likeness (QED) is 0.209. The molecule has 4 fully saturated rings. The molecule has 1 aromatic carbocycles. The first-order valence-corrected chi connectivity index (χ1v) is 19.0. The molecule has 5 aliphatic carbocycles. The summed E-state index contributed by atoms with van der Waals surface area (Å²) in [5.41, 5.74) is 6.19. The zero-order valence-electron chi connectivity index (χ0n) is 31.0. The van der Waals surface area contributed by atoms with Crippen LogP contribution in [0.3, 0.4) is 0 Å². The number of hydrogen-bond acceptors (Lipinski definition) is 3. The Labute approximate surface area is 286 Å². The van der Waals surface area contributed by atoms with E-state index in [1.165, 1.54) is 48.8 Å². The van der Waals surface area contributed by atoms with E-state index in [1.54, 1.807) is 12.5 Å². The summed E-state index contributed by atoms with van der Waals surface area (Å²) in [6.07, 6.45) is 13.7. The zero-order chi connectivity index (χ0) is 34.0. The van der Waals surface area contributed by atoms with Gasteiger partial charge in [0, 0.05) is 26.1 Å². The molecule has 4 heteroatoms. The molecule has 0 aromatic heterocycles. The number of aryl methyl sites for hydroxylation is 1. The smallest absolute Gasteiger partial charge is 0.226 e. The third-order valence-electron chi connectivity index (χ3n) is 15.7. The molecule has 4 saturated carbocycles. The number of carbonyl (C=O) groups excluding carboxylic acids is 2. The average Bonchev–Trinajstić information content (AvgIpc) is 3.41. The number of rotatable bonds is 9. The molecular weight excluding hydrogens is 576 g/mol. The molecule has 258 valence electrons. The minimum absolute atomic E-state index is 0.137. The van der Waals surface area contributed by atoms with Crippen LogP contribution in [0.5, 0.6) is 0 Å². The number of carbonyl (C=O) groups is 2. The van der Waals surface area contributed by atoms with Crippen LogP contribution < -0.4 is 10.6 Å². The lowest BCUT2D eigenvalue weighted by molar-refractivity contribution is -0.225. The standard InChI is InChI=1S/C43H64N2O2/c1-28(2)32-16-22-43(38(47)45-27-26-44-25-19-30(4)46)24-23-41(8)34(37(32)43)14-15-36-40(7)20-17-33(31-12-10-29(3)11-13-31)39(5,6)35(40)18-21-42(36,41)9/h10-13,17,32,34-37,44H,1,14-16,18-27H2,2-9H3,(H,45,47)/t32-,34+,35-,36+,37+,40-,41+,42+,43-/m0/s1. The first-order valence-electron chi connectivity index (χ1n) is 19.0. The van der Waals surface area contributed by atoms with Gasteiger partial charge in [0.15, 0.2) is 0 Å². The van der Waals surface area contributed by atoms with Crippen LogP contribution in [0.2, 0.25) is 0 Å². The molecule has 9 atom stereocenters. The van der Waals surface area contributed by atoms with Crippen molar-refractivity contribution in [3.63, 3.8) is 0 Å². The molecule has 0 heterocycles. The predicted molar refractivity (Wildman–Crippen MR) is 195 cm³/mol. The van der Waals surface area contributed by atoms with Gasteiger partial charge in [-0.2, -0.15) is 0 Å². The van der Waals surface area contributed by atoms with Crippen molar-refractivity contribution in [3.05, 3.63) is 53.6 Å². The maximum atomic E-state index is 14.3. The molecule has 4 nitrogen and oxygen atoms in total. The van der Waals surface area contributed by atoms with Crippen molar-refractivity contribution in [3.8, 4) is 0 Å². The van der Waals surface area contributed by atoms with Crippen molar-refractivity contribution in [1.82, 2.24) is 10.6 Å². The topological polar surface area (TPSA) is 58.2 Å². The van der Waals surface area contributed by atoms with E-state index in [2.05, 4.69) is 96.0 Å². The molecule has 0 unspecified atom stereocenters. The van der Waals surface area contributed by atoms with Gasteiger partial charge in [-0.3, -0.25) is 9.59 Å². The van der Waals surface area contributed by atoms with Gasteiger partial charge in [-0.15, -0.1) is 0 Å². The Morgan fingerprint density at radius 1 is 0.830 bits per heavy atom. The SMILES string of the molecule is C=C(C)[C@@H]1CC[C@]2(C(=O)NCCNCCC(C)=O)CC[C@]3(C)[C@H](CC[C@@H]4[C@@]5(C)CC=C(c6ccc(C)cc6)C(C)(C)[C@@H]5CC[C@]43C)[C@@H]12. The van der Waals surface area contributed by atoms with Gasteiger partial charge in [0.25, 0.3) is 0 Å². The lowest BCUT2D eigenvalue weighted by Gasteiger charge is -2.72. The number of fused-ring (bicyclic) bond motifs is 7. The van der Waals surface area contributed by atoms with Gasteiger partial charge in [-0.05, 0) is 141 Å². The maximum absolute atomic E-state index is 14.3. The van der Waals surface area contributed by atoms with Crippen molar-refractivity contribution >= 4 is 17.3 Å². The van der Waals surface area contributed by atoms with Crippen LogP contribution in [-0.2, 0) is 9.59 Å². The highest BCUT2D eigenvalue weighted by atomic mass is 16.2. The molecule has 0 aliphatic heterocycles. The third-order valence-corrected chi connectivity index (χ3v) is 15.7. The molecule has 6 rings (SSSR count). The average molecular weight is 641 g/mol. The van der Waals surface area contributed by atoms with E-state index < -0.39 is 0 Å². The zero-order valence-corrected chi connectivity index (χ0v) is 31.0. The van der Waals surface area contributed by atoms with Gasteiger partial charge in [-0.25, -0.2) is 0 Å². The highest BCUT2D eigenvalue weighted by molar-refractivity contribution is 5.84. The van der Waals surface area contributed by atoms with Gasteiger partial charge in [-0.1, -0.05) is 82.7 Å². The largest absolute Gasteiger partial charge is 0.354 e. The minimum atomic E-state index is -0.282. The first kappa shape index (κ1) is 34.7.